The van der Waals surface area contributed by atoms with E-state index in [4.69, 9.17) is 9.84 Å². The van der Waals surface area contributed by atoms with E-state index in [0.717, 1.165) is 23.3 Å². The molecule has 0 saturated heterocycles. The van der Waals surface area contributed by atoms with Gasteiger partial charge in [-0.05, 0) is 57.1 Å². The van der Waals surface area contributed by atoms with Gasteiger partial charge < -0.3 is 14.7 Å². The van der Waals surface area contributed by atoms with Crippen molar-refractivity contribution in [1.82, 2.24) is 4.90 Å². The number of carboxylic acids is 1. The molecule has 1 atom stereocenters. The molecule has 0 aliphatic carbocycles. The number of hydrogen-bond donors (Lipinski definition) is 1. The standard InChI is InChI=1S/C15H23NO3/c1-10-7-14(19-5)11(2)6-12(10)8-13(16(3)4)9-15(17)18/h6-7,13H,8-9H2,1-5H3,(H,17,18). The van der Waals surface area contributed by atoms with Gasteiger partial charge in [-0.15, -0.1) is 0 Å². The van der Waals surface area contributed by atoms with Crippen LogP contribution in [0.4, 0.5) is 0 Å². The van der Waals surface area contributed by atoms with E-state index in [-0.39, 0.29) is 12.5 Å². The molecule has 0 bridgehead atoms. The Bertz CT molecular complexity index is 455. The molecule has 1 aromatic rings. The van der Waals surface area contributed by atoms with Crippen LogP contribution in [0.25, 0.3) is 0 Å². The number of hydrogen-bond acceptors (Lipinski definition) is 3. The number of ether oxygens (including phenoxy) is 1. The van der Waals surface area contributed by atoms with Gasteiger partial charge in [0.05, 0.1) is 13.5 Å². The summed E-state index contributed by atoms with van der Waals surface area (Å²) < 4.78 is 5.29. The molecular weight excluding hydrogens is 242 g/mol. The summed E-state index contributed by atoms with van der Waals surface area (Å²) in [5, 5.41) is 8.97. The summed E-state index contributed by atoms with van der Waals surface area (Å²) in [7, 11) is 5.49. The van der Waals surface area contributed by atoms with Crippen molar-refractivity contribution < 1.29 is 14.6 Å². The number of nitrogens with zero attached hydrogens (tertiary/aromatic N) is 1. The number of aliphatic carboxylic acids is 1. The maximum Gasteiger partial charge on any atom is 0.304 e. The monoisotopic (exact) mass is 265 g/mol. The van der Waals surface area contributed by atoms with Crippen LogP contribution >= 0.6 is 0 Å². The van der Waals surface area contributed by atoms with E-state index in [2.05, 4.69) is 6.07 Å². The van der Waals surface area contributed by atoms with Crippen molar-refractivity contribution in [3.05, 3.63) is 28.8 Å². The lowest BCUT2D eigenvalue weighted by molar-refractivity contribution is -0.138. The first-order chi connectivity index (χ1) is 8.85. The van der Waals surface area contributed by atoms with Crippen LogP contribution in [0.2, 0.25) is 0 Å². The molecule has 0 heterocycles. The number of likely N-dealkylation sites (N-methyl/N-ethyl adjacent to an activating group) is 1. The van der Waals surface area contributed by atoms with Crippen LogP contribution in [0, 0.1) is 13.8 Å². The van der Waals surface area contributed by atoms with E-state index in [1.165, 1.54) is 5.56 Å². The maximum atomic E-state index is 10.9. The topological polar surface area (TPSA) is 49.8 Å². The Morgan fingerprint density at radius 1 is 1.32 bits per heavy atom. The second-order valence-corrected chi connectivity index (χ2v) is 5.17. The van der Waals surface area contributed by atoms with Crippen LogP contribution in [0.1, 0.15) is 23.1 Å². The largest absolute Gasteiger partial charge is 0.496 e. The van der Waals surface area contributed by atoms with Crippen molar-refractivity contribution in [2.75, 3.05) is 21.2 Å². The minimum atomic E-state index is -0.762. The number of benzene rings is 1. The Kier molecular flexibility index (Phi) is 5.36. The second kappa shape index (κ2) is 6.57. The van der Waals surface area contributed by atoms with Gasteiger partial charge in [0.15, 0.2) is 0 Å². The second-order valence-electron chi connectivity index (χ2n) is 5.17. The van der Waals surface area contributed by atoms with Crippen molar-refractivity contribution in [2.45, 2.75) is 32.7 Å². The van der Waals surface area contributed by atoms with Crippen LogP contribution in [0.15, 0.2) is 12.1 Å². The van der Waals surface area contributed by atoms with Gasteiger partial charge in [0, 0.05) is 6.04 Å². The highest BCUT2D eigenvalue weighted by Gasteiger charge is 2.17. The van der Waals surface area contributed by atoms with Gasteiger partial charge in [-0.1, -0.05) is 6.07 Å². The lowest BCUT2D eigenvalue weighted by atomic mass is 9.96. The first-order valence-electron chi connectivity index (χ1n) is 6.37. The van der Waals surface area contributed by atoms with E-state index in [1.54, 1.807) is 7.11 Å². The highest BCUT2D eigenvalue weighted by atomic mass is 16.5. The fourth-order valence-corrected chi connectivity index (χ4v) is 2.18. The Morgan fingerprint density at radius 2 is 1.95 bits per heavy atom. The highest BCUT2D eigenvalue weighted by molar-refractivity contribution is 5.67. The Morgan fingerprint density at radius 3 is 2.42 bits per heavy atom. The molecule has 1 aromatic carbocycles. The number of aryl methyl sites for hydroxylation is 2. The fraction of sp³-hybridized carbons (Fsp3) is 0.533. The summed E-state index contributed by atoms with van der Waals surface area (Å²) in [5.41, 5.74) is 3.40. The fourth-order valence-electron chi connectivity index (χ4n) is 2.18. The molecule has 0 aliphatic heterocycles. The van der Waals surface area contributed by atoms with Crippen molar-refractivity contribution in [3.8, 4) is 5.75 Å². The zero-order valence-electron chi connectivity index (χ0n) is 12.4. The van der Waals surface area contributed by atoms with Crippen LogP contribution in [0.3, 0.4) is 0 Å². The third-order valence-electron chi connectivity index (χ3n) is 3.45. The van der Waals surface area contributed by atoms with Crippen molar-refractivity contribution in [3.63, 3.8) is 0 Å². The Balaban J connectivity index is 2.96. The van der Waals surface area contributed by atoms with Crippen molar-refractivity contribution >= 4 is 5.97 Å². The average Bonchev–Trinajstić information content (AvgIpc) is 2.31. The highest BCUT2D eigenvalue weighted by Crippen LogP contribution is 2.24. The summed E-state index contributed by atoms with van der Waals surface area (Å²) in [6.07, 6.45) is 0.882. The minimum Gasteiger partial charge on any atom is -0.496 e. The lowest BCUT2D eigenvalue weighted by Crippen LogP contribution is -2.32. The number of carboxylic acid groups (broad SMARTS) is 1. The molecule has 0 aliphatic rings. The number of carbonyl (C=O) groups is 1. The van der Waals surface area contributed by atoms with Crippen molar-refractivity contribution in [2.24, 2.45) is 0 Å². The van der Waals surface area contributed by atoms with Gasteiger partial charge >= 0.3 is 5.97 Å². The van der Waals surface area contributed by atoms with Gasteiger partial charge in [0.1, 0.15) is 5.75 Å². The molecule has 0 radical (unpaired) electrons. The molecule has 1 rings (SSSR count). The molecule has 106 valence electrons. The number of rotatable bonds is 6. The van der Waals surface area contributed by atoms with E-state index in [0.29, 0.717) is 0 Å². The molecule has 0 fully saturated rings. The molecule has 4 heteroatoms. The van der Waals surface area contributed by atoms with Crippen molar-refractivity contribution in [1.29, 1.82) is 0 Å². The minimum absolute atomic E-state index is 0.00370. The molecule has 1 unspecified atom stereocenters. The van der Waals surface area contributed by atoms with Crippen LogP contribution in [0.5, 0.6) is 5.75 Å². The van der Waals surface area contributed by atoms with Crippen LogP contribution in [-0.4, -0.2) is 43.2 Å². The third kappa shape index (κ3) is 4.24. The van der Waals surface area contributed by atoms with E-state index in [9.17, 15) is 4.79 Å². The van der Waals surface area contributed by atoms with Crippen LogP contribution in [-0.2, 0) is 11.2 Å². The summed E-state index contributed by atoms with van der Waals surface area (Å²) in [6, 6.07) is 4.11. The Hall–Kier alpha value is -1.55. The molecule has 0 spiro atoms. The lowest BCUT2D eigenvalue weighted by Gasteiger charge is -2.24. The summed E-state index contributed by atoms with van der Waals surface area (Å²) in [6.45, 7) is 4.04. The molecular formula is C15H23NO3. The molecule has 0 amide bonds. The quantitative estimate of drug-likeness (QED) is 0.857. The zero-order valence-corrected chi connectivity index (χ0v) is 12.4. The molecule has 4 nitrogen and oxygen atoms in total. The SMILES string of the molecule is COc1cc(C)c(CC(CC(=O)O)N(C)C)cc1C. The zero-order chi connectivity index (χ0) is 14.6. The Labute approximate surface area is 115 Å². The first kappa shape index (κ1) is 15.5. The van der Waals surface area contributed by atoms with Crippen LogP contribution < -0.4 is 4.74 Å². The van der Waals surface area contributed by atoms with Gasteiger partial charge in [0.2, 0.25) is 0 Å². The smallest absolute Gasteiger partial charge is 0.304 e. The predicted molar refractivity (Wildman–Crippen MR) is 75.9 cm³/mol. The number of methoxy groups -OCH3 is 1. The van der Waals surface area contributed by atoms with E-state index in [1.807, 2.05) is 38.9 Å². The maximum absolute atomic E-state index is 10.9. The van der Waals surface area contributed by atoms with Gasteiger partial charge in [-0.25, -0.2) is 0 Å². The molecule has 0 saturated carbocycles. The third-order valence-corrected chi connectivity index (χ3v) is 3.45. The summed E-state index contributed by atoms with van der Waals surface area (Å²) in [5.74, 6) is 0.113. The van der Waals surface area contributed by atoms with Gasteiger partial charge in [-0.2, -0.15) is 0 Å². The normalized spacial score (nSPS) is 12.5. The van der Waals surface area contributed by atoms with Gasteiger partial charge in [-0.3, -0.25) is 4.79 Å². The summed E-state index contributed by atoms with van der Waals surface area (Å²) >= 11 is 0. The molecule has 0 aromatic heterocycles. The van der Waals surface area contributed by atoms with E-state index < -0.39 is 5.97 Å². The average molecular weight is 265 g/mol. The molecule has 19 heavy (non-hydrogen) atoms. The first-order valence-corrected chi connectivity index (χ1v) is 6.37. The predicted octanol–water partition coefficient (Wildman–Crippen LogP) is 2.26. The van der Waals surface area contributed by atoms with Gasteiger partial charge in [0.25, 0.3) is 0 Å². The van der Waals surface area contributed by atoms with E-state index >= 15 is 0 Å². The summed E-state index contributed by atoms with van der Waals surface area (Å²) in [4.78, 5) is 12.9. The molecule has 1 N–H and O–H groups in total.